The minimum atomic E-state index is 0.719. The largest absolute Gasteiger partial charge is 0.357 e. The Morgan fingerprint density at radius 3 is 2.68 bits per heavy atom. The lowest BCUT2D eigenvalue weighted by Gasteiger charge is -2.03. The summed E-state index contributed by atoms with van der Waals surface area (Å²) in [6.07, 6.45) is 1.81. The molecular formula is C14H17N3S2. The molecule has 0 aliphatic rings. The van der Waals surface area contributed by atoms with Gasteiger partial charge in [-0.1, -0.05) is 58.5 Å². The summed E-state index contributed by atoms with van der Waals surface area (Å²) in [5.74, 6) is 0.929. The number of hydrogen-bond donors (Lipinski definition) is 1. The van der Waals surface area contributed by atoms with Crippen molar-refractivity contribution in [2.24, 2.45) is 0 Å². The second-order valence-corrected chi connectivity index (χ2v) is 6.53. The van der Waals surface area contributed by atoms with Crippen LogP contribution in [0.4, 0.5) is 5.13 Å². The van der Waals surface area contributed by atoms with Crippen molar-refractivity contribution in [2.75, 3.05) is 11.9 Å². The van der Waals surface area contributed by atoms with E-state index in [9.17, 15) is 0 Å². The van der Waals surface area contributed by atoms with E-state index in [1.165, 1.54) is 16.7 Å². The third-order valence-electron chi connectivity index (χ3n) is 2.45. The van der Waals surface area contributed by atoms with Crippen LogP contribution in [0, 0.1) is 13.8 Å². The summed E-state index contributed by atoms with van der Waals surface area (Å²) >= 11 is 3.31. The fourth-order valence-electron chi connectivity index (χ4n) is 1.80. The first-order valence-electron chi connectivity index (χ1n) is 6.05. The van der Waals surface area contributed by atoms with Crippen LogP contribution in [0.25, 0.3) is 0 Å². The summed E-state index contributed by atoms with van der Waals surface area (Å²) in [7, 11) is 0. The monoisotopic (exact) mass is 291 g/mol. The molecule has 2 rings (SSSR count). The van der Waals surface area contributed by atoms with Gasteiger partial charge in [0.2, 0.25) is 5.13 Å². The molecule has 0 unspecified atom stereocenters. The zero-order valence-corrected chi connectivity index (χ0v) is 12.8. The summed E-state index contributed by atoms with van der Waals surface area (Å²) in [4.78, 5) is 0. The number of nitrogens with zero attached hydrogens (tertiary/aromatic N) is 2. The summed E-state index contributed by atoms with van der Waals surface area (Å²) in [5.41, 5.74) is 3.95. The Hall–Kier alpha value is -1.33. The van der Waals surface area contributed by atoms with Crippen molar-refractivity contribution < 1.29 is 0 Å². The van der Waals surface area contributed by atoms with Gasteiger partial charge in [-0.3, -0.25) is 0 Å². The molecule has 1 aromatic carbocycles. The van der Waals surface area contributed by atoms with Crippen molar-refractivity contribution in [1.29, 1.82) is 0 Å². The molecule has 1 aromatic heterocycles. The van der Waals surface area contributed by atoms with Gasteiger partial charge in [-0.05, 0) is 19.4 Å². The minimum Gasteiger partial charge on any atom is -0.357 e. The van der Waals surface area contributed by atoms with Crippen molar-refractivity contribution in [2.45, 2.75) is 23.9 Å². The van der Waals surface area contributed by atoms with Gasteiger partial charge in [-0.25, -0.2) is 0 Å². The van der Waals surface area contributed by atoms with Gasteiger partial charge in [0.25, 0.3) is 0 Å². The zero-order chi connectivity index (χ0) is 13.7. The van der Waals surface area contributed by atoms with E-state index in [1.807, 2.05) is 6.08 Å². The van der Waals surface area contributed by atoms with E-state index in [1.54, 1.807) is 23.1 Å². The van der Waals surface area contributed by atoms with E-state index in [0.29, 0.717) is 0 Å². The number of nitrogens with one attached hydrogen (secondary N) is 1. The van der Waals surface area contributed by atoms with E-state index < -0.39 is 0 Å². The highest BCUT2D eigenvalue weighted by atomic mass is 32.2. The van der Waals surface area contributed by atoms with Crippen LogP contribution >= 0.6 is 23.1 Å². The topological polar surface area (TPSA) is 37.8 Å². The Labute approximate surface area is 122 Å². The predicted molar refractivity (Wildman–Crippen MR) is 84.1 cm³/mol. The maximum absolute atomic E-state index is 4.16. The molecule has 0 fully saturated rings. The first-order valence-corrected chi connectivity index (χ1v) is 7.86. The molecule has 100 valence electrons. The standard InChI is InChI=1S/C14H17N3S2/c1-4-5-15-13-16-17-14(19-13)18-9-12-7-10(2)6-11(3)8-12/h4,6-8H,1,5,9H2,2-3H3,(H,15,16). The lowest BCUT2D eigenvalue weighted by atomic mass is 10.1. The number of aryl methyl sites for hydroxylation is 2. The van der Waals surface area contributed by atoms with Crippen LogP contribution in [0.3, 0.4) is 0 Å². The number of hydrogen-bond acceptors (Lipinski definition) is 5. The molecule has 3 nitrogen and oxygen atoms in total. The molecule has 0 radical (unpaired) electrons. The van der Waals surface area contributed by atoms with Gasteiger partial charge in [0.15, 0.2) is 4.34 Å². The maximum atomic E-state index is 4.16. The average molecular weight is 291 g/mol. The molecule has 0 aliphatic carbocycles. The van der Waals surface area contributed by atoms with E-state index >= 15 is 0 Å². The number of anilines is 1. The van der Waals surface area contributed by atoms with Gasteiger partial charge in [-0.15, -0.1) is 16.8 Å². The molecule has 2 aromatic rings. The smallest absolute Gasteiger partial charge is 0.206 e. The number of aromatic nitrogens is 2. The molecular weight excluding hydrogens is 274 g/mol. The molecule has 0 saturated carbocycles. The summed E-state index contributed by atoms with van der Waals surface area (Å²) < 4.78 is 0.991. The Kier molecular flexibility index (Phi) is 4.99. The fourth-order valence-corrected chi connectivity index (χ4v) is 3.49. The first-order chi connectivity index (χ1) is 9.17. The SMILES string of the molecule is C=CCNc1nnc(SCc2cc(C)cc(C)c2)s1. The van der Waals surface area contributed by atoms with Crippen LogP contribution in [0.1, 0.15) is 16.7 Å². The maximum Gasteiger partial charge on any atom is 0.206 e. The minimum absolute atomic E-state index is 0.719. The molecule has 0 aliphatic heterocycles. The van der Waals surface area contributed by atoms with Crippen molar-refractivity contribution in [3.63, 3.8) is 0 Å². The van der Waals surface area contributed by atoms with Crippen molar-refractivity contribution in [1.82, 2.24) is 10.2 Å². The Morgan fingerprint density at radius 1 is 1.26 bits per heavy atom. The Balaban J connectivity index is 1.94. The van der Waals surface area contributed by atoms with Gasteiger partial charge in [-0.2, -0.15) is 0 Å². The molecule has 5 heteroatoms. The van der Waals surface area contributed by atoms with Crippen molar-refractivity contribution in [3.8, 4) is 0 Å². The van der Waals surface area contributed by atoms with Gasteiger partial charge >= 0.3 is 0 Å². The molecule has 0 atom stereocenters. The van der Waals surface area contributed by atoms with Gasteiger partial charge in [0.05, 0.1) is 0 Å². The van der Waals surface area contributed by atoms with Crippen LogP contribution < -0.4 is 5.32 Å². The second-order valence-electron chi connectivity index (χ2n) is 4.33. The molecule has 0 bridgehead atoms. The molecule has 0 amide bonds. The lowest BCUT2D eigenvalue weighted by Crippen LogP contribution is -1.96. The summed E-state index contributed by atoms with van der Waals surface area (Å²) in [6, 6.07) is 6.63. The van der Waals surface area contributed by atoms with Crippen LogP contribution in [-0.2, 0) is 5.75 Å². The molecule has 1 N–H and O–H groups in total. The highest BCUT2D eigenvalue weighted by Gasteiger charge is 2.05. The second kappa shape index (κ2) is 6.73. The number of rotatable bonds is 6. The van der Waals surface area contributed by atoms with E-state index in [2.05, 4.69) is 54.1 Å². The van der Waals surface area contributed by atoms with Gasteiger partial charge < -0.3 is 5.32 Å². The molecule has 0 spiro atoms. The third-order valence-corrected chi connectivity index (χ3v) is 4.53. The first kappa shape index (κ1) is 14.1. The van der Waals surface area contributed by atoms with Crippen molar-refractivity contribution >= 4 is 28.2 Å². The summed E-state index contributed by atoms with van der Waals surface area (Å²) in [6.45, 7) is 8.64. The number of benzene rings is 1. The third kappa shape index (κ3) is 4.36. The molecule has 1 heterocycles. The normalized spacial score (nSPS) is 10.4. The van der Waals surface area contributed by atoms with Gasteiger partial charge in [0, 0.05) is 12.3 Å². The van der Waals surface area contributed by atoms with Crippen LogP contribution in [0.15, 0.2) is 35.2 Å². The van der Waals surface area contributed by atoms with E-state index in [0.717, 1.165) is 21.8 Å². The zero-order valence-electron chi connectivity index (χ0n) is 11.1. The highest BCUT2D eigenvalue weighted by Crippen LogP contribution is 2.28. The van der Waals surface area contributed by atoms with Crippen LogP contribution in [0.5, 0.6) is 0 Å². The lowest BCUT2D eigenvalue weighted by molar-refractivity contribution is 1.01. The fraction of sp³-hybridized carbons (Fsp3) is 0.286. The molecule has 19 heavy (non-hydrogen) atoms. The van der Waals surface area contributed by atoms with E-state index in [-0.39, 0.29) is 0 Å². The number of thioether (sulfide) groups is 1. The van der Waals surface area contributed by atoms with Crippen molar-refractivity contribution in [3.05, 3.63) is 47.5 Å². The quantitative estimate of drug-likeness (QED) is 0.644. The average Bonchev–Trinajstić information content (AvgIpc) is 2.81. The predicted octanol–water partition coefficient (Wildman–Crippen LogP) is 4.05. The van der Waals surface area contributed by atoms with Crippen LogP contribution in [0.2, 0.25) is 0 Å². The van der Waals surface area contributed by atoms with E-state index in [4.69, 9.17) is 0 Å². The van der Waals surface area contributed by atoms with Crippen LogP contribution in [-0.4, -0.2) is 16.7 Å². The Bertz CT molecular complexity index is 543. The van der Waals surface area contributed by atoms with Gasteiger partial charge in [0.1, 0.15) is 0 Å². The highest BCUT2D eigenvalue weighted by molar-refractivity contribution is 8.00. The molecule has 0 saturated heterocycles. The Morgan fingerprint density at radius 2 is 2.00 bits per heavy atom. The summed E-state index contributed by atoms with van der Waals surface area (Å²) in [5, 5.41) is 12.2.